The Morgan fingerprint density at radius 1 is 0.903 bits per heavy atom. The highest BCUT2D eigenvalue weighted by molar-refractivity contribution is 5.47. The molecule has 0 fully saturated rings. The minimum absolute atomic E-state index is 0.860. The highest BCUT2D eigenvalue weighted by atomic mass is 15.1. The lowest BCUT2D eigenvalue weighted by Gasteiger charge is -2.26. The second-order valence-corrected chi connectivity index (χ2v) is 6.75. The molecule has 0 aliphatic heterocycles. The van der Waals surface area contributed by atoms with Gasteiger partial charge in [0.25, 0.3) is 0 Å². The van der Waals surface area contributed by atoms with E-state index in [1.54, 1.807) is 0 Å². The largest absolute Gasteiger partial charge is 0.341 e. The molecule has 1 aromatic rings. The molecule has 0 saturated heterocycles. The first-order chi connectivity index (χ1) is 15.1. The summed E-state index contributed by atoms with van der Waals surface area (Å²) in [6.07, 6.45) is 19.0. The van der Waals surface area contributed by atoms with Crippen molar-refractivity contribution < 1.29 is 0 Å². The van der Waals surface area contributed by atoms with Crippen LogP contribution in [0.5, 0.6) is 0 Å². The number of nitrogens with zero attached hydrogens (tertiary/aromatic N) is 1. The highest BCUT2D eigenvalue weighted by Gasteiger charge is 2.09. The van der Waals surface area contributed by atoms with Crippen LogP contribution in [-0.2, 0) is 0 Å². The molecule has 0 atom stereocenters. The molecule has 0 aliphatic carbocycles. The molecule has 0 N–H and O–H groups in total. The molecule has 0 amide bonds. The maximum atomic E-state index is 2.42. The predicted octanol–water partition coefficient (Wildman–Crippen LogP) is 8.14. The van der Waals surface area contributed by atoms with Crippen molar-refractivity contribution in [1.29, 1.82) is 0 Å². The van der Waals surface area contributed by atoms with Crippen LogP contribution in [0.1, 0.15) is 88.5 Å². The molecule has 1 heteroatoms. The first kappa shape index (κ1) is 30.9. The zero-order valence-corrected chi connectivity index (χ0v) is 22.1. The third-order valence-corrected chi connectivity index (χ3v) is 4.55. The minimum atomic E-state index is 0.860. The van der Waals surface area contributed by atoms with E-state index in [1.165, 1.54) is 27.4 Å². The van der Waals surface area contributed by atoms with Gasteiger partial charge in [0.2, 0.25) is 0 Å². The molecule has 0 saturated carbocycles. The van der Waals surface area contributed by atoms with Gasteiger partial charge in [-0.2, -0.15) is 0 Å². The molecule has 0 aromatic heterocycles. The van der Waals surface area contributed by atoms with Crippen molar-refractivity contribution in [2.75, 3.05) is 6.54 Å². The van der Waals surface area contributed by atoms with Crippen LogP contribution in [0, 0.1) is 0 Å². The molecule has 0 bridgehead atoms. The van der Waals surface area contributed by atoms with Crippen LogP contribution in [0.3, 0.4) is 0 Å². The smallest absolute Gasteiger partial charge is 0.0411 e. The summed E-state index contributed by atoms with van der Waals surface area (Å²) in [6.45, 7) is 21.9. The van der Waals surface area contributed by atoms with Crippen LogP contribution < -0.4 is 10.4 Å². The Hall–Kier alpha value is -2.28. The zero-order valence-electron chi connectivity index (χ0n) is 22.1. The molecule has 31 heavy (non-hydrogen) atoms. The molecule has 174 valence electrons. The van der Waals surface area contributed by atoms with Crippen molar-refractivity contribution in [2.45, 2.75) is 88.5 Å². The van der Waals surface area contributed by atoms with Gasteiger partial charge in [-0.3, -0.25) is 0 Å². The second-order valence-electron chi connectivity index (χ2n) is 6.75. The third-order valence-electron chi connectivity index (χ3n) is 4.55. The van der Waals surface area contributed by atoms with E-state index < -0.39 is 0 Å². The number of hydrogen-bond acceptors (Lipinski definition) is 1. The monoisotopic (exact) mass is 423 g/mol. The van der Waals surface area contributed by atoms with Gasteiger partial charge in [0.1, 0.15) is 0 Å². The number of benzene rings is 1. The molecular weight excluding hydrogens is 374 g/mol. The summed E-state index contributed by atoms with van der Waals surface area (Å²) in [5.74, 6) is 0. The Morgan fingerprint density at radius 2 is 1.55 bits per heavy atom. The summed E-state index contributed by atoms with van der Waals surface area (Å²) in [6, 6.07) is 8.64. The van der Waals surface area contributed by atoms with E-state index in [1.807, 2.05) is 27.7 Å². The van der Waals surface area contributed by atoms with Crippen LogP contribution in [0.2, 0.25) is 0 Å². The Kier molecular flexibility index (Phi) is 20.9. The summed E-state index contributed by atoms with van der Waals surface area (Å²) < 4.78 is 0. The van der Waals surface area contributed by atoms with Crippen LogP contribution in [0.15, 0.2) is 72.0 Å². The molecule has 1 aromatic carbocycles. The molecule has 0 spiro atoms. The average molecular weight is 424 g/mol. The number of hydrogen-bond donors (Lipinski definition) is 0. The number of allylic oxidation sites excluding steroid dienone is 6. The van der Waals surface area contributed by atoms with Crippen molar-refractivity contribution in [1.82, 2.24) is 4.90 Å². The lowest BCUT2D eigenvalue weighted by atomic mass is 10.1. The van der Waals surface area contributed by atoms with Crippen LogP contribution in [0.4, 0.5) is 0 Å². The number of unbranched alkanes of at least 4 members (excludes halogenated alkanes) is 1. The highest BCUT2D eigenvalue weighted by Crippen LogP contribution is 2.16. The Balaban J connectivity index is 0. The second kappa shape index (κ2) is 21.0. The topological polar surface area (TPSA) is 3.24 Å². The molecule has 0 aliphatic rings. The van der Waals surface area contributed by atoms with E-state index in [-0.39, 0.29) is 0 Å². The third kappa shape index (κ3) is 12.2. The van der Waals surface area contributed by atoms with Gasteiger partial charge in [0.15, 0.2) is 0 Å². The molecule has 1 rings (SSSR count). The Labute approximate surface area is 194 Å². The van der Waals surface area contributed by atoms with Gasteiger partial charge in [0, 0.05) is 23.2 Å². The minimum Gasteiger partial charge on any atom is -0.341 e. The van der Waals surface area contributed by atoms with Crippen molar-refractivity contribution >= 4 is 11.8 Å². The molecule has 0 unspecified atom stereocenters. The Bertz CT molecular complexity index is 803. The Morgan fingerprint density at radius 3 is 2.10 bits per heavy atom. The van der Waals surface area contributed by atoms with Gasteiger partial charge in [-0.25, -0.2) is 0 Å². The van der Waals surface area contributed by atoms with Gasteiger partial charge in [-0.15, -0.1) is 0 Å². The van der Waals surface area contributed by atoms with E-state index >= 15 is 0 Å². The maximum absolute atomic E-state index is 2.42. The lowest BCUT2D eigenvalue weighted by molar-refractivity contribution is 0.545. The summed E-state index contributed by atoms with van der Waals surface area (Å²) in [7, 11) is 0. The van der Waals surface area contributed by atoms with Crippen LogP contribution in [-0.4, -0.2) is 11.4 Å². The molecule has 0 heterocycles. The maximum Gasteiger partial charge on any atom is 0.0411 e. The van der Waals surface area contributed by atoms with Gasteiger partial charge in [-0.05, 0) is 51.8 Å². The zero-order chi connectivity index (χ0) is 24.1. The molecule has 0 radical (unpaired) electrons. The van der Waals surface area contributed by atoms with Gasteiger partial charge in [-0.1, -0.05) is 114 Å². The van der Waals surface area contributed by atoms with Gasteiger partial charge in [0.05, 0.1) is 0 Å². The summed E-state index contributed by atoms with van der Waals surface area (Å²) in [5, 5.41) is 2.57. The van der Waals surface area contributed by atoms with E-state index in [2.05, 4.69) is 113 Å². The predicted molar refractivity (Wildman–Crippen MR) is 145 cm³/mol. The lowest BCUT2D eigenvalue weighted by Crippen LogP contribution is -2.33. The fourth-order valence-electron chi connectivity index (χ4n) is 3.12. The molecule has 1 nitrogen and oxygen atoms in total. The van der Waals surface area contributed by atoms with E-state index in [4.69, 9.17) is 0 Å². The van der Waals surface area contributed by atoms with Crippen molar-refractivity contribution in [2.24, 2.45) is 0 Å². The number of rotatable bonds is 9. The SMILES string of the molecule is C/C=C\C(=C/CCC)N(C/C=C\C(C)=C/CC)/C(C)=c1\cccc\c1=C\C.CC.CC. The van der Waals surface area contributed by atoms with Crippen molar-refractivity contribution in [3.63, 3.8) is 0 Å². The fraction of sp³-hybridized carbons (Fsp3) is 0.467. The van der Waals surface area contributed by atoms with Gasteiger partial charge >= 0.3 is 0 Å². The normalized spacial score (nSPS) is 13.5. The van der Waals surface area contributed by atoms with Crippen molar-refractivity contribution in [3.8, 4) is 0 Å². The summed E-state index contributed by atoms with van der Waals surface area (Å²) in [5.41, 5.74) is 3.87. The standard InChI is InChI=1S/C26H37N.2C2H6/c1-7-11-19-25(16-9-3)27(21-14-17-22(5)15-8-2)23(6)26-20-13-12-18-24(26)10-4;2*1-2/h9-10,12-20H,7-8,11,21H2,1-6H3;2*1-2H3/b16-9-,17-14-,22-15-,24-10-,25-19+,26-23+;;. The summed E-state index contributed by atoms with van der Waals surface area (Å²) in [4.78, 5) is 2.42. The average Bonchev–Trinajstić information content (AvgIpc) is 2.82. The summed E-state index contributed by atoms with van der Waals surface area (Å²) >= 11 is 0. The van der Waals surface area contributed by atoms with E-state index in [9.17, 15) is 0 Å². The van der Waals surface area contributed by atoms with Gasteiger partial charge < -0.3 is 4.90 Å². The molecular formula is C30H49N. The fourth-order valence-corrected chi connectivity index (χ4v) is 3.12. The van der Waals surface area contributed by atoms with Crippen molar-refractivity contribution in [3.05, 3.63) is 82.4 Å². The quantitative estimate of drug-likeness (QED) is 0.362. The van der Waals surface area contributed by atoms with Crippen LogP contribution >= 0.6 is 0 Å². The first-order valence-electron chi connectivity index (χ1n) is 12.2. The van der Waals surface area contributed by atoms with Crippen LogP contribution in [0.25, 0.3) is 11.8 Å². The first-order valence-corrected chi connectivity index (χ1v) is 12.2. The van der Waals surface area contributed by atoms with E-state index in [0.717, 1.165) is 25.8 Å². The van der Waals surface area contributed by atoms with E-state index in [0.29, 0.717) is 0 Å².